The van der Waals surface area contributed by atoms with Gasteiger partial charge in [-0.25, -0.2) is 22.2 Å². The molecule has 0 fully saturated rings. The summed E-state index contributed by atoms with van der Waals surface area (Å²) < 4.78 is 53.3. The van der Waals surface area contributed by atoms with Crippen LogP contribution in [0.5, 0.6) is 0 Å². The van der Waals surface area contributed by atoms with Crippen molar-refractivity contribution in [3.8, 4) is 0 Å². The Morgan fingerprint density at radius 2 is 1.82 bits per heavy atom. The number of benzene rings is 2. The van der Waals surface area contributed by atoms with Gasteiger partial charge >= 0.3 is 5.97 Å². The second-order valence-electron chi connectivity index (χ2n) is 7.82. The van der Waals surface area contributed by atoms with Crippen LogP contribution in [0.2, 0.25) is 0 Å². The third-order valence-electron chi connectivity index (χ3n) is 5.83. The number of carboxylic acid groups (broad SMARTS) is 1. The van der Waals surface area contributed by atoms with Crippen LogP contribution in [0.15, 0.2) is 70.7 Å². The van der Waals surface area contributed by atoms with Gasteiger partial charge in [-0.15, -0.1) is 0 Å². The summed E-state index contributed by atoms with van der Waals surface area (Å²) in [5.74, 6) is -2.05. The summed E-state index contributed by atoms with van der Waals surface area (Å²) in [6.45, 7) is 1.55. The zero-order chi connectivity index (χ0) is 24.0. The van der Waals surface area contributed by atoms with Crippen molar-refractivity contribution in [2.75, 3.05) is 11.4 Å². The molecule has 1 aliphatic heterocycles. The molecule has 172 valence electrons. The number of hydrogen-bond donors (Lipinski definition) is 1. The number of carboxylic acids is 1. The first kappa shape index (κ1) is 23.6. The molecule has 6 nitrogen and oxygen atoms in total. The monoisotopic (exact) mass is 584 g/mol. The van der Waals surface area contributed by atoms with E-state index in [0.29, 0.717) is 16.8 Å². The van der Waals surface area contributed by atoms with Crippen LogP contribution < -0.4 is 4.90 Å². The van der Waals surface area contributed by atoms with Gasteiger partial charge in [0, 0.05) is 17.9 Å². The van der Waals surface area contributed by atoms with E-state index < -0.39 is 30.9 Å². The largest absolute Gasteiger partial charge is 0.480 e. The molecule has 0 bridgehead atoms. The molecule has 33 heavy (non-hydrogen) atoms. The molecular weight excluding hydrogens is 565 g/mol. The molecular formula is C23H19F2IN2O4S. The van der Waals surface area contributed by atoms with E-state index in [-0.39, 0.29) is 28.9 Å². The lowest BCUT2D eigenvalue weighted by atomic mass is 9.89. The second kappa shape index (κ2) is 8.64. The number of rotatable bonds is 6. The summed E-state index contributed by atoms with van der Waals surface area (Å²) in [4.78, 5) is 17.2. The molecule has 1 N–H and O–H groups in total. The third-order valence-corrected chi connectivity index (χ3v) is 9.46. The van der Waals surface area contributed by atoms with Crippen LogP contribution in [0.3, 0.4) is 0 Å². The summed E-state index contributed by atoms with van der Waals surface area (Å²) in [6, 6.07) is 11.5. The summed E-state index contributed by atoms with van der Waals surface area (Å²) >= 11 is 2.16. The highest BCUT2D eigenvalue weighted by atomic mass is 127. The standard InChI is InChI=1S/C23H19F2IN2O4S/c1-14-23(26,19-11-17(25)6-9-20(19)28(14)13-21(29)30)12-15-3-2-10-27-22(15)33(31,32)18-7-4-16(24)5-8-18/h2-11,14H,12-13H2,1H3,(H,29,30). The summed E-state index contributed by atoms with van der Waals surface area (Å²) in [6.07, 6.45) is 1.52. The highest BCUT2D eigenvalue weighted by Crippen LogP contribution is 2.52. The number of pyridine rings is 1. The Morgan fingerprint density at radius 1 is 1.15 bits per heavy atom. The van der Waals surface area contributed by atoms with E-state index in [1.807, 2.05) is 6.92 Å². The van der Waals surface area contributed by atoms with Crippen molar-refractivity contribution in [1.29, 1.82) is 0 Å². The minimum Gasteiger partial charge on any atom is -0.480 e. The Bertz CT molecular complexity index is 1330. The van der Waals surface area contributed by atoms with Gasteiger partial charge in [-0.3, -0.25) is 4.79 Å². The summed E-state index contributed by atoms with van der Waals surface area (Å²) in [5, 5.41) is 9.22. The van der Waals surface area contributed by atoms with Gasteiger partial charge in [-0.05, 0) is 73.0 Å². The van der Waals surface area contributed by atoms with Crippen LogP contribution in [0.4, 0.5) is 14.5 Å². The van der Waals surface area contributed by atoms with Crippen molar-refractivity contribution in [3.05, 3.63) is 83.6 Å². The Kier molecular flexibility index (Phi) is 6.16. The Morgan fingerprint density at radius 3 is 2.48 bits per heavy atom. The van der Waals surface area contributed by atoms with Gasteiger partial charge in [0.25, 0.3) is 0 Å². The Labute approximate surface area is 203 Å². The molecule has 2 unspecified atom stereocenters. The van der Waals surface area contributed by atoms with Crippen molar-refractivity contribution >= 4 is 44.1 Å². The van der Waals surface area contributed by atoms with Crippen LogP contribution in [0.25, 0.3) is 0 Å². The van der Waals surface area contributed by atoms with Gasteiger partial charge in [0.2, 0.25) is 9.84 Å². The Balaban J connectivity index is 1.81. The minimum absolute atomic E-state index is 0.0928. The maximum absolute atomic E-state index is 14.2. The zero-order valence-electron chi connectivity index (χ0n) is 17.4. The molecule has 1 aliphatic rings. The summed E-state index contributed by atoms with van der Waals surface area (Å²) in [5.41, 5.74) is 1.58. The molecule has 1 aromatic heterocycles. The number of nitrogens with zero attached hydrogens (tertiary/aromatic N) is 2. The van der Waals surface area contributed by atoms with Crippen molar-refractivity contribution in [1.82, 2.24) is 4.98 Å². The molecule has 2 aromatic carbocycles. The lowest BCUT2D eigenvalue weighted by Crippen LogP contribution is -2.42. The molecule has 0 radical (unpaired) electrons. The molecule has 2 atom stereocenters. The van der Waals surface area contributed by atoms with E-state index in [9.17, 15) is 27.1 Å². The van der Waals surface area contributed by atoms with E-state index in [2.05, 4.69) is 27.6 Å². The molecule has 10 heteroatoms. The van der Waals surface area contributed by atoms with Crippen LogP contribution in [-0.4, -0.2) is 37.1 Å². The molecule has 0 amide bonds. The van der Waals surface area contributed by atoms with Crippen molar-refractivity contribution in [2.24, 2.45) is 0 Å². The van der Waals surface area contributed by atoms with E-state index in [1.54, 1.807) is 23.1 Å². The smallest absolute Gasteiger partial charge is 0.323 e. The highest BCUT2D eigenvalue weighted by molar-refractivity contribution is 14.1. The fourth-order valence-corrected chi connectivity index (χ4v) is 6.77. The number of aromatic nitrogens is 1. The predicted octanol–water partition coefficient (Wildman–Crippen LogP) is 4.36. The quantitative estimate of drug-likeness (QED) is 0.263. The van der Waals surface area contributed by atoms with Crippen LogP contribution in [-0.2, 0) is 24.5 Å². The minimum atomic E-state index is -4.05. The lowest BCUT2D eigenvalue weighted by Gasteiger charge is -2.32. The number of carbonyl (C=O) groups is 1. The molecule has 3 aromatic rings. The van der Waals surface area contributed by atoms with Crippen molar-refractivity contribution in [3.63, 3.8) is 0 Å². The third kappa shape index (κ3) is 4.21. The van der Waals surface area contributed by atoms with Crippen LogP contribution >= 0.6 is 22.6 Å². The maximum Gasteiger partial charge on any atom is 0.323 e. The SMILES string of the molecule is CC1N(CC(=O)O)c2ccc(F)cc2C1(I)Cc1cccnc1S(=O)(=O)c1ccc(F)cc1. The number of alkyl halides is 1. The van der Waals surface area contributed by atoms with Gasteiger partial charge < -0.3 is 10.0 Å². The first-order valence-corrected chi connectivity index (χ1v) is 12.5. The highest BCUT2D eigenvalue weighted by Gasteiger charge is 2.48. The number of aliphatic carboxylic acids is 1. The van der Waals surface area contributed by atoms with Gasteiger partial charge in [-0.2, -0.15) is 0 Å². The van der Waals surface area contributed by atoms with Gasteiger partial charge in [0.05, 0.1) is 8.32 Å². The van der Waals surface area contributed by atoms with E-state index >= 15 is 0 Å². The lowest BCUT2D eigenvalue weighted by molar-refractivity contribution is -0.135. The number of sulfone groups is 1. The summed E-state index contributed by atoms with van der Waals surface area (Å²) in [7, 11) is -4.05. The Hall–Kier alpha value is -2.60. The zero-order valence-corrected chi connectivity index (χ0v) is 20.3. The normalized spacial score (nSPS) is 20.0. The number of hydrogen-bond acceptors (Lipinski definition) is 5. The average Bonchev–Trinajstić information content (AvgIpc) is 2.95. The van der Waals surface area contributed by atoms with Gasteiger partial charge in [-0.1, -0.05) is 28.7 Å². The fraction of sp³-hybridized carbons (Fsp3) is 0.217. The number of anilines is 1. The first-order valence-electron chi connectivity index (χ1n) is 9.96. The van der Waals surface area contributed by atoms with Crippen LogP contribution in [0.1, 0.15) is 18.1 Å². The average molecular weight is 584 g/mol. The van der Waals surface area contributed by atoms with E-state index in [4.69, 9.17) is 0 Å². The molecule has 0 saturated carbocycles. The number of fused-ring (bicyclic) bond motifs is 1. The van der Waals surface area contributed by atoms with Gasteiger partial charge in [0.15, 0.2) is 5.03 Å². The molecule has 4 rings (SSSR count). The number of halogens is 3. The van der Waals surface area contributed by atoms with Crippen molar-refractivity contribution in [2.45, 2.75) is 32.7 Å². The van der Waals surface area contributed by atoms with Crippen molar-refractivity contribution < 1.29 is 27.1 Å². The fourth-order valence-electron chi connectivity index (χ4n) is 4.19. The molecule has 0 aliphatic carbocycles. The van der Waals surface area contributed by atoms with Crippen LogP contribution in [0, 0.1) is 11.6 Å². The molecule has 2 heterocycles. The topological polar surface area (TPSA) is 87.6 Å². The van der Waals surface area contributed by atoms with E-state index in [1.165, 1.54) is 30.5 Å². The van der Waals surface area contributed by atoms with Gasteiger partial charge in [0.1, 0.15) is 18.2 Å². The van der Waals surface area contributed by atoms with E-state index in [0.717, 1.165) is 12.1 Å². The maximum atomic E-state index is 14.2. The molecule has 0 saturated heterocycles. The first-order chi connectivity index (χ1) is 15.5. The second-order valence-corrected chi connectivity index (χ2v) is 11.6. The predicted molar refractivity (Wildman–Crippen MR) is 126 cm³/mol. The molecule has 0 spiro atoms.